The number of benzene rings is 2. The molecule has 0 aliphatic rings. The van der Waals surface area contributed by atoms with Crippen LogP contribution < -0.4 is 10.6 Å². The lowest BCUT2D eigenvalue weighted by Crippen LogP contribution is -2.42. The molecule has 0 fully saturated rings. The molecule has 2 aromatic carbocycles. The highest BCUT2D eigenvalue weighted by Crippen LogP contribution is 2.46. The molecule has 0 heterocycles. The maximum absolute atomic E-state index is 14.5. The topological polar surface area (TPSA) is 57.7 Å². The van der Waals surface area contributed by atoms with E-state index in [2.05, 4.69) is 0 Å². The van der Waals surface area contributed by atoms with Gasteiger partial charge in [0.25, 0.3) is 0 Å². The first-order valence-corrected chi connectivity index (χ1v) is 13.1. The zero-order valence-electron chi connectivity index (χ0n) is 19.2. The summed E-state index contributed by atoms with van der Waals surface area (Å²) in [6.45, 7) is 10.0. The van der Waals surface area contributed by atoms with Crippen LogP contribution in [0.3, 0.4) is 0 Å². The van der Waals surface area contributed by atoms with Crippen molar-refractivity contribution in [1.82, 2.24) is 9.80 Å². The molecular formula is C25H35N2O3P. The summed E-state index contributed by atoms with van der Waals surface area (Å²) in [4.78, 5) is 29.8. The van der Waals surface area contributed by atoms with Gasteiger partial charge in [0.05, 0.1) is 5.92 Å². The van der Waals surface area contributed by atoms with E-state index in [-0.39, 0.29) is 24.4 Å². The number of carbonyl (C=O) groups is 2. The van der Waals surface area contributed by atoms with E-state index in [9.17, 15) is 14.2 Å². The molecule has 0 spiro atoms. The van der Waals surface area contributed by atoms with Gasteiger partial charge in [0.2, 0.25) is 11.8 Å². The number of rotatable bonds is 11. The minimum absolute atomic E-state index is 0.0665. The highest BCUT2D eigenvalue weighted by atomic mass is 31.2. The normalized spacial score (nSPS) is 12.3. The second kappa shape index (κ2) is 11.9. The van der Waals surface area contributed by atoms with Gasteiger partial charge in [-0.3, -0.25) is 9.59 Å². The predicted molar refractivity (Wildman–Crippen MR) is 129 cm³/mol. The van der Waals surface area contributed by atoms with Crippen LogP contribution in [-0.4, -0.2) is 54.0 Å². The Balaban J connectivity index is 2.50. The second-order valence-electron chi connectivity index (χ2n) is 7.57. The van der Waals surface area contributed by atoms with Gasteiger partial charge >= 0.3 is 0 Å². The highest BCUT2D eigenvalue weighted by Gasteiger charge is 2.36. The predicted octanol–water partition coefficient (Wildman–Crippen LogP) is 3.74. The fourth-order valence-corrected chi connectivity index (χ4v) is 6.88. The molecule has 168 valence electrons. The lowest BCUT2D eigenvalue weighted by Gasteiger charge is -2.30. The summed E-state index contributed by atoms with van der Waals surface area (Å²) in [5.41, 5.74) is 0. The van der Waals surface area contributed by atoms with Crippen molar-refractivity contribution in [2.45, 2.75) is 34.1 Å². The van der Waals surface area contributed by atoms with E-state index in [0.29, 0.717) is 36.8 Å². The van der Waals surface area contributed by atoms with Crippen LogP contribution in [0.5, 0.6) is 0 Å². The molecule has 0 bridgehead atoms. The average molecular weight is 443 g/mol. The smallest absolute Gasteiger partial charge is 0.226 e. The van der Waals surface area contributed by atoms with Gasteiger partial charge in [0, 0.05) is 49.4 Å². The number of carbonyl (C=O) groups excluding carboxylic acids is 2. The summed E-state index contributed by atoms with van der Waals surface area (Å²) in [6.07, 6.45) is 0.212. The van der Waals surface area contributed by atoms with E-state index in [1.54, 1.807) is 9.80 Å². The molecule has 1 atom stereocenters. The monoisotopic (exact) mass is 442 g/mol. The third-order valence-corrected chi connectivity index (χ3v) is 9.01. The SMILES string of the molecule is CCN(CC)C(=O)CC(CP(=O)(c1ccccc1)c1ccccc1)C(=O)N(CC)CC. The Labute approximate surface area is 186 Å². The molecule has 0 saturated heterocycles. The van der Waals surface area contributed by atoms with E-state index < -0.39 is 13.1 Å². The summed E-state index contributed by atoms with van der Waals surface area (Å²) in [7, 11) is -3.12. The van der Waals surface area contributed by atoms with Crippen LogP contribution in [0, 0.1) is 5.92 Å². The third-order valence-electron chi connectivity index (χ3n) is 5.79. The van der Waals surface area contributed by atoms with Crippen LogP contribution in [0.25, 0.3) is 0 Å². The molecular weight excluding hydrogens is 407 g/mol. The molecule has 2 amide bonds. The average Bonchev–Trinajstić information content (AvgIpc) is 2.81. The van der Waals surface area contributed by atoms with E-state index in [1.807, 2.05) is 88.4 Å². The van der Waals surface area contributed by atoms with E-state index in [4.69, 9.17) is 0 Å². The Morgan fingerprint density at radius 2 is 1.16 bits per heavy atom. The van der Waals surface area contributed by atoms with Crippen LogP contribution in [0.2, 0.25) is 0 Å². The van der Waals surface area contributed by atoms with Gasteiger partial charge in [0.15, 0.2) is 0 Å². The van der Waals surface area contributed by atoms with E-state index >= 15 is 0 Å². The number of nitrogens with zero attached hydrogens (tertiary/aromatic N) is 2. The summed E-state index contributed by atoms with van der Waals surface area (Å²) in [6, 6.07) is 18.7. The quantitative estimate of drug-likeness (QED) is 0.498. The molecule has 0 radical (unpaired) electrons. The van der Waals surface area contributed by atoms with Gasteiger partial charge in [0.1, 0.15) is 7.14 Å². The van der Waals surface area contributed by atoms with Crippen molar-refractivity contribution in [2.75, 3.05) is 32.3 Å². The standard InChI is InChI=1S/C25H35N2O3P/c1-5-26(6-2)24(28)19-21(25(29)27(7-3)8-4)20-31(30,22-15-11-9-12-16-22)23-17-13-10-14-18-23/h9-18,21H,5-8,19-20H2,1-4H3. The van der Waals surface area contributed by atoms with Gasteiger partial charge in [-0.05, 0) is 27.7 Å². The van der Waals surface area contributed by atoms with Crippen molar-refractivity contribution in [3.8, 4) is 0 Å². The molecule has 0 aliphatic heterocycles. The van der Waals surface area contributed by atoms with Crippen molar-refractivity contribution in [2.24, 2.45) is 5.92 Å². The van der Waals surface area contributed by atoms with Crippen LogP contribution in [0.15, 0.2) is 60.7 Å². The van der Waals surface area contributed by atoms with Gasteiger partial charge < -0.3 is 14.4 Å². The molecule has 2 aromatic rings. The lowest BCUT2D eigenvalue weighted by molar-refractivity contribution is -0.140. The molecule has 2 rings (SSSR count). The Hall–Kier alpha value is -2.39. The molecule has 5 nitrogen and oxygen atoms in total. The molecule has 6 heteroatoms. The Morgan fingerprint density at radius 1 is 0.742 bits per heavy atom. The van der Waals surface area contributed by atoms with Gasteiger partial charge in [-0.2, -0.15) is 0 Å². The van der Waals surface area contributed by atoms with Crippen molar-refractivity contribution in [1.29, 1.82) is 0 Å². The van der Waals surface area contributed by atoms with Crippen molar-refractivity contribution in [3.05, 3.63) is 60.7 Å². The Morgan fingerprint density at radius 3 is 1.55 bits per heavy atom. The van der Waals surface area contributed by atoms with Crippen LogP contribution >= 0.6 is 7.14 Å². The van der Waals surface area contributed by atoms with Crippen LogP contribution in [0.1, 0.15) is 34.1 Å². The van der Waals surface area contributed by atoms with Crippen molar-refractivity contribution < 1.29 is 14.2 Å². The first-order chi connectivity index (χ1) is 14.9. The van der Waals surface area contributed by atoms with Crippen molar-refractivity contribution in [3.63, 3.8) is 0 Å². The molecule has 0 N–H and O–H groups in total. The largest absolute Gasteiger partial charge is 0.343 e. The molecule has 1 unspecified atom stereocenters. The lowest BCUT2D eigenvalue weighted by atomic mass is 10.0. The zero-order valence-corrected chi connectivity index (χ0v) is 20.1. The van der Waals surface area contributed by atoms with Gasteiger partial charge in [-0.1, -0.05) is 60.7 Å². The minimum Gasteiger partial charge on any atom is -0.343 e. The van der Waals surface area contributed by atoms with Crippen LogP contribution in [0.4, 0.5) is 0 Å². The van der Waals surface area contributed by atoms with E-state index in [1.165, 1.54) is 0 Å². The molecule has 0 aromatic heterocycles. The maximum Gasteiger partial charge on any atom is 0.226 e. The van der Waals surface area contributed by atoms with Gasteiger partial charge in [-0.25, -0.2) is 0 Å². The molecule has 0 aliphatic carbocycles. The van der Waals surface area contributed by atoms with Crippen LogP contribution in [-0.2, 0) is 14.2 Å². The fraction of sp³-hybridized carbons (Fsp3) is 0.440. The number of hydrogen-bond acceptors (Lipinski definition) is 3. The molecule has 0 saturated carbocycles. The summed E-state index contributed by atoms with van der Waals surface area (Å²) < 4.78 is 14.5. The highest BCUT2D eigenvalue weighted by molar-refractivity contribution is 7.78. The Bertz CT molecular complexity index is 835. The fourth-order valence-electron chi connectivity index (χ4n) is 3.95. The molecule has 31 heavy (non-hydrogen) atoms. The van der Waals surface area contributed by atoms with Crippen molar-refractivity contribution >= 4 is 29.6 Å². The Kier molecular flexibility index (Phi) is 9.51. The number of amides is 2. The van der Waals surface area contributed by atoms with E-state index in [0.717, 1.165) is 0 Å². The maximum atomic E-state index is 14.5. The van der Waals surface area contributed by atoms with Gasteiger partial charge in [-0.15, -0.1) is 0 Å². The summed E-state index contributed by atoms with van der Waals surface area (Å²) in [5, 5.41) is 1.43. The third kappa shape index (κ3) is 6.07. The first-order valence-electron chi connectivity index (χ1n) is 11.2. The first kappa shape index (κ1) is 24.9. The second-order valence-corrected chi connectivity index (χ2v) is 10.4. The number of hydrogen-bond donors (Lipinski definition) is 0. The zero-order chi connectivity index (χ0) is 22.9. The minimum atomic E-state index is -3.12. The summed E-state index contributed by atoms with van der Waals surface area (Å²) in [5.74, 6) is -0.806. The summed E-state index contributed by atoms with van der Waals surface area (Å²) >= 11 is 0.